The van der Waals surface area contributed by atoms with E-state index in [0.29, 0.717) is 5.69 Å². The van der Waals surface area contributed by atoms with Crippen LogP contribution in [-0.4, -0.2) is 50.5 Å². The number of anilines is 2. The summed E-state index contributed by atoms with van der Waals surface area (Å²) in [5.41, 5.74) is 2.26. The van der Waals surface area contributed by atoms with E-state index in [-0.39, 0.29) is 29.7 Å². The van der Waals surface area contributed by atoms with Crippen molar-refractivity contribution in [2.45, 2.75) is 36.6 Å². The molecule has 1 saturated heterocycles. The van der Waals surface area contributed by atoms with Gasteiger partial charge in [0.25, 0.3) is 10.0 Å². The SMILES string of the molecule is Cl.Cl.O=S(=O)(Nc1ccc(-c2ccc(N3CCN(C4CCCC4)CC3)nc2)cc1)c1ccccc1F. The zero-order valence-electron chi connectivity index (χ0n) is 19.8. The van der Waals surface area contributed by atoms with Gasteiger partial charge in [0.1, 0.15) is 16.5 Å². The Labute approximate surface area is 224 Å². The van der Waals surface area contributed by atoms with Crippen LogP contribution in [0.15, 0.2) is 71.8 Å². The summed E-state index contributed by atoms with van der Waals surface area (Å²) in [6.07, 6.45) is 7.28. The number of sulfonamides is 1. The predicted molar refractivity (Wildman–Crippen MR) is 147 cm³/mol. The molecule has 1 aliphatic carbocycles. The Hall–Kier alpha value is -2.39. The van der Waals surface area contributed by atoms with E-state index < -0.39 is 15.8 Å². The van der Waals surface area contributed by atoms with Crippen LogP contribution in [0.1, 0.15) is 25.7 Å². The van der Waals surface area contributed by atoms with Gasteiger partial charge in [-0.25, -0.2) is 17.8 Å². The molecule has 10 heteroatoms. The predicted octanol–water partition coefficient (Wildman–Crippen LogP) is 5.60. The first kappa shape index (κ1) is 28.2. The van der Waals surface area contributed by atoms with E-state index in [1.165, 1.54) is 43.9 Å². The van der Waals surface area contributed by atoms with E-state index in [9.17, 15) is 12.8 Å². The normalized spacial score (nSPS) is 16.8. The monoisotopic (exact) mass is 552 g/mol. The molecule has 6 nitrogen and oxygen atoms in total. The Morgan fingerprint density at radius 3 is 2.08 bits per heavy atom. The highest BCUT2D eigenvalue weighted by molar-refractivity contribution is 7.92. The van der Waals surface area contributed by atoms with Crippen molar-refractivity contribution in [1.29, 1.82) is 0 Å². The van der Waals surface area contributed by atoms with Crippen molar-refractivity contribution in [2.75, 3.05) is 35.8 Å². The van der Waals surface area contributed by atoms with Crippen molar-refractivity contribution in [1.82, 2.24) is 9.88 Å². The zero-order chi connectivity index (χ0) is 23.5. The van der Waals surface area contributed by atoms with Crippen LogP contribution < -0.4 is 9.62 Å². The van der Waals surface area contributed by atoms with Gasteiger partial charge in [-0.2, -0.15) is 0 Å². The van der Waals surface area contributed by atoms with Gasteiger partial charge in [0, 0.05) is 49.7 Å². The van der Waals surface area contributed by atoms with Crippen LogP contribution >= 0.6 is 24.8 Å². The van der Waals surface area contributed by atoms with Gasteiger partial charge in [0.15, 0.2) is 0 Å². The molecule has 5 rings (SSSR count). The van der Waals surface area contributed by atoms with Crippen molar-refractivity contribution < 1.29 is 12.8 Å². The Balaban J connectivity index is 0.00000180. The summed E-state index contributed by atoms with van der Waals surface area (Å²) in [5.74, 6) is 0.210. The van der Waals surface area contributed by atoms with E-state index in [0.717, 1.165) is 55.2 Å². The molecule has 2 aliphatic rings. The van der Waals surface area contributed by atoms with Crippen molar-refractivity contribution in [3.63, 3.8) is 0 Å². The third-order valence-corrected chi connectivity index (χ3v) is 8.24. The summed E-state index contributed by atoms with van der Waals surface area (Å²) in [4.78, 5) is 9.30. The number of benzene rings is 2. The molecule has 0 amide bonds. The van der Waals surface area contributed by atoms with Crippen molar-refractivity contribution in [3.05, 3.63) is 72.7 Å². The van der Waals surface area contributed by atoms with Crippen LogP contribution in [0, 0.1) is 5.82 Å². The van der Waals surface area contributed by atoms with Gasteiger partial charge < -0.3 is 4.90 Å². The zero-order valence-corrected chi connectivity index (χ0v) is 22.3. The second-order valence-corrected chi connectivity index (χ2v) is 10.6. The van der Waals surface area contributed by atoms with Crippen molar-refractivity contribution in [2.24, 2.45) is 0 Å². The highest BCUT2D eigenvalue weighted by Gasteiger charge is 2.26. The Bertz CT molecular complexity index is 1230. The number of rotatable bonds is 6. The fourth-order valence-corrected chi connectivity index (χ4v) is 6.07. The molecule has 36 heavy (non-hydrogen) atoms. The van der Waals surface area contributed by atoms with E-state index in [2.05, 4.69) is 25.6 Å². The molecule has 2 aromatic carbocycles. The van der Waals surface area contributed by atoms with Crippen LogP contribution in [0.4, 0.5) is 15.9 Å². The highest BCUT2D eigenvalue weighted by Crippen LogP contribution is 2.27. The van der Waals surface area contributed by atoms with Crippen LogP contribution in [-0.2, 0) is 10.0 Å². The average molecular weight is 554 g/mol. The summed E-state index contributed by atoms with van der Waals surface area (Å²) in [5, 5.41) is 0. The molecular weight excluding hydrogens is 522 g/mol. The van der Waals surface area contributed by atoms with Gasteiger partial charge in [-0.3, -0.25) is 9.62 Å². The van der Waals surface area contributed by atoms with Gasteiger partial charge in [-0.15, -0.1) is 24.8 Å². The molecule has 0 bridgehead atoms. The van der Waals surface area contributed by atoms with Gasteiger partial charge in [0.2, 0.25) is 0 Å². The molecule has 1 N–H and O–H groups in total. The lowest BCUT2D eigenvalue weighted by Gasteiger charge is -2.38. The maximum Gasteiger partial charge on any atom is 0.264 e. The first-order valence-corrected chi connectivity index (χ1v) is 13.3. The minimum absolute atomic E-state index is 0. The minimum atomic E-state index is -4.00. The second kappa shape index (κ2) is 12.2. The number of nitrogens with one attached hydrogen (secondary N) is 1. The van der Waals surface area contributed by atoms with E-state index in [1.807, 2.05) is 24.4 Å². The third-order valence-electron chi connectivity index (χ3n) is 6.82. The van der Waals surface area contributed by atoms with Crippen LogP contribution in [0.3, 0.4) is 0 Å². The van der Waals surface area contributed by atoms with E-state index >= 15 is 0 Å². The Morgan fingerprint density at radius 1 is 0.833 bits per heavy atom. The molecule has 2 heterocycles. The lowest BCUT2D eigenvalue weighted by atomic mass is 10.1. The molecule has 1 saturated carbocycles. The summed E-state index contributed by atoms with van der Waals surface area (Å²) < 4.78 is 41.3. The minimum Gasteiger partial charge on any atom is -0.354 e. The Morgan fingerprint density at radius 2 is 1.47 bits per heavy atom. The quantitative estimate of drug-likeness (QED) is 0.431. The van der Waals surface area contributed by atoms with Gasteiger partial charge in [0.05, 0.1) is 0 Å². The van der Waals surface area contributed by atoms with E-state index in [4.69, 9.17) is 0 Å². The molecule has 2 fully saturated rings. The number of pyridine rings is 1. The molecule has 194 valence electrons. The second-order valence-electron chi connectivity index (χ2n) is 8.98. The standard InChI is InChI=1S/C26H29FN4O2S.2ClH/c27-24-7-3-4-8-25(24)34(32,33)29-22-12-9-20(10-13-22)21-11-14-26(28-19-21)31-17-15-30(16-18-31)23-5-1-2-6-23;;/h3-4,7-14,19,23,29H,1-2,5-6,15-18H2;2*1H. The lowest BCUT2D eigenvalue weighted by Crippen LogP contribution is -2.49. The maximum atomic E-state index is 13.9. The van der Waals surface area contributed by atoms with Gasteiger partial charge in [-0.05, 0) is 54.8 Å². The highest BCUT2D eigenvalue weighted by atomic mass is 35.5. The van der Waals surface area contributed by atoms with E-state index in [1.54, 1.807) is 12.1 Å². The van der Waals surface area contributed by atoms with Crippen LogP contribution in [0.2, 0.25) is 0 Å². The Kier molecular flexibility index (Phi) is 9.58. The molecule has 3 aromatic rings. The summed E-state index contributed by atoms with van der Waals surface area (Å²) >= 11 is 0. The molecule has 0 unspecified atom stereocenters. The third kappa shape index (κ3) is 6.29. The topological polar surface area (TPSA) is 65.5 Å². The number of nitrogens with zero attached hydrogens (tertiary/aromatic N) is 3. The van der Waals surface area contributed by atoms with Gasteiger partial charge in [-0.1, -0.05) is 37.1 Å². The number of hydrogen-bond acceptors (Lipinski definition) is 5. The number of halogens is 3. The molecular formula is C26H31Cl2FN4O2S. The molecule has 0 radical (unpaired) electrons. The maximum absolute atomic E-state index is 13.9. The first-order chi connectivity index (χ1) is 16.5. The average Bonchev–Trinajstić information content (AvgIpc) is 3.40. The number of aromatic nitrogens is 1. The molecule has 0 spiro atoms. The molecule has 1 aliphatic heterocycles. The number of hydrogen-bond donors (Lipinski definition) is 1. The molecule has 0 atom stereocenters. The number of piperazine rings is 1. The lowest BCUT2D eigenvalue weighted by molar-refractivity contribution is 0.187. The largest absolute Gasteiger partial charge is 0.354 e. The van der Waals surface area contributed by atoms with Gasteiger partial charge >= 0.3 is 0 Å². The molecule has 1 aromatic heterocycles. The fourth-order valence-electron chi connectivity index (χ4n) is 4.93. The fraction of sp³-hybridized carbons (Fsp3) is 0.346. The summed E-state index contributed by atoms with van der Waals surface area (Å²) in [6, 6.07) is 17.2. The summed E-state index contributed by atoms with van der Waals surface area (Å²) in [6.45, 7) is 4.19. The smallest absolute Gasteiger partial charge is 0.264 e. The first-order valence-electron chi connectivity index (χ1n) is 11.8. The van der Waals surface area contributed by atoms with Crippen LogP contribution in [0.25, 0.3) is 11.1 Å². The van der Waals surface area contributed by atoms with Crippen LogP contribution in [0.5, 0.6) is 0 Å². The van der Waals surface area contributed by atoms with Crippen molar-refractivity contribution in [3.8, 4) is 11.1 Å². The van der Waals surface area contributed by atoms with Crippen molar-refractivity contribution >= 4 is 46.3 Å². The summed E-state index contributed by atoms with van der Waals surface area (Å²) in [7, 11) is -4.00.